The molecular weight excluding hydrogens is 556 g/mol. The number of aromatic hydroxyl groups is 1. The predicted octanol–water partition coefficient (Wildman–Crippen LogP) is 1.34. The molecule has 3 N–H and O–H groups in total. The molecule has 7 rings (SSSR count). The Labute approximate surface area is 240 Å². The number of esters is 1. The van der Waals surface area contributed by atoms with E-state index in [4.69, 9.17) is 42.6 Å². The molecule has 42 heavy (non-hydrogen) atoms. The molecule has 4 heterocycles. The van der Waals surface area contributed by atoms with Gasteiger partial charge in [-0.05, 0) is 47.9 Å². The van der Waals surface area contributed by atoms with Crippen LogP contribution in [0.25, 0.3) is 0 Å². The molecule has 0 spiro atoms. The fourth-order valence-corrected chi connectivity index (χ4v) is 6.74. The number of benzene rings is 2. The summed E-state index contributed by atoms with van der Waals surface area (Å²) in [7, 11) is 2.86. The van der Waals surface area contributed by atoms with Crippen LogP contribution < -0.4 is 18.9 Å². The van der Waals surface area contributed by atoms with Gasteiger partial charge in [-0.15, -0.1) is 0 Å². The fraction of sp³-hybridized carbons (Fsp3) is 0.552. The van der Waals surface area contributed by atoms with Crippen molar-refractivity contribution in [2.75, 3.05) is 34.2 Å². The molecule has 1 aliphatic carbocycles. The number of ether oxygens (including phenoxy) is 9. The summed E-state index contributed by atoms with van der Waals surface area (Å²) in [5.74, 6) is -1.02. The van der Waals surface area contributed by atoms with E-state index in [0.29, 0.717) is 28.2 Å². The number of phenols is 1. The van der Waals surface area contributed by atoms with Crippen LogP contribution in [0.4, 0.5) is 0 Å². The maximum Gasteiger partial charge on any atom is 0.310 e. The van der Waals surface area contributed by atoms with Crippen LogP contribution in [0.2, 0.25) is 0 Å². The van der Waals surface area contributed by atoms with E-state index in [1.54, 1.807) is 31.2 Å². The first kappa shape index (κ1) is 27.5. The monoisotopic (exact) mass is 588 g/mol. The first-order chi connectivity index (χ1) is 20.3. The molecule has 0 saturated carbocycles. The lowest BCUT2D eigenvalue weighted by Gasteiger charge is -2.47. The quantitative estimate of drug-likeness (QED) is 0.430. The molecule has 0 bridgehead atoms. The molecule has 0 radical (unpaired) electrons. The number of aliphatic hydroxyl groups excluding tert-OH is 2. The molecular formula is C29H32O13. The summed E-state index contributed by atoms with van der Waals surface area (Å²) in [6.45, 7) is 1.93. The molecule has 4 aliphatic heterocycles. The molecule has 2 aromatic carbocycles. The molecule has 0 aromatic heterocycles. The van der Waals surface area contributed by atoms with Crippen LogP contribution in [0.3, 0.4) is 0 Å². The molecule has 13 heteroatoms. The summed E-state index contributed by atoms with van der Waals surface area (Å²) in [4.78, 5) is 13.4. The Morgan fingerprint density at radius 2 is 1.57 bits per heavy atom. The van der Waals surface area contributed by atoms with E-state index in [1.807, 2.05) is 0 Å². The molecule has 2 aromatic rings. The lowest BCUT2D eigenvalue weighted by Crippen LogP contribution is -2.63. The number of rotatable bonds is 5. The van der Waals surface area contributed by atoms with Crippen molar-refractivity contribution in [3.8, 4) is 28.7 Å². The van der Waals surface area contributed by atoms with E-state index >= 15 is 0 Å². The third kappa shape index (κ3) is 4.26. The number of methoxy groups -OCH3 is 2. The largest absolute Gasteiger partial charge is 0.502 e. The van der Waals surface area contributed by atoms with Crippen LogP contribution in [0.1, 0.15) is 35.6 Å². The van der Waals surface area contributed by atoms with Crippen molar-refractivity contribution in [2.45, 2.75) is 55.9 Å². The number of fused-ring (bicyclic) bond motifs is 4. The van der Waals surface area contributed by atoms with Crippen molar-refractivity contribution in [3.63, 3.8) is 0 Å². The molecule has 0 unspecified atom stereocenters. The molecule has 13 nitrogen and oxygen atoms in total. The second-order valence-corrected chi connectivity index (χ2v) is 11.0. The standard InChI is InChI=1S/C29H32O13/c1-11-36-9-20-27(40-11)24(31)25(32)29(41-20)42-26-14-7-17-16(38-10-39-17)6-13(14)21(22-15(26)8-37-28(22)33)12-4-18(34-2)23(30)19(5-12)35-3/h4-7,11,15,20-22,24-27,29-32H,8-10H2,1-3H3/t11-,15-,20+,21+,22-,24-,25+,26+,27+,29-/m0/s1. The summed E-state index contributed by atoms with van der Waals surface area (Å²) in [6.07, 6.45) is -6.80. The van der Waals surface area contributed by atoms with Gasteiger partial charge < -0.3 is 58.0 Å². The number of phenolic OH excluding ortho intramolecular Hbond substituents is 1. The summed E-state index contributed by atoms with van der Waals surface area (Å²) in [5.41, 5.74) is 2.01. The Morgan fingerprint density at radius 1 is 0.881 bits per heavy atom. The van der Waals surface area contributed by atoms with Gasteiger partial charge in [0.1, 0.15) is 24.4 Å². The van der Waals surface area contributed by atoms with Crippen LogP contribution in [0.5, 0.6) is 28.7 Å². The van der Waals surface area contributed by atoms with Crippen LogP contribution in [0.15, 0.2) is 24.3 Å². The van der Waals surface area contributed by atoms with E-state index in [1.165, 1.54) is 14.2 Å². The minimum atomic E-state index is -1.44. The average Bonchev–Trinajstić information content (AvgIpc) is 3.61. The summed E-state index contributed by atoms with van der Waals surface area (Å²) < 4.78 is 51.5. The Hall–Kier alpha value is -3.33. The van der Waals surface area contributed by atoms with Crippen molar-refractivity contribution in [2.24, 2.45) is 11.8 Å². The number of carbonyl (C=O) groups is 1. The summed E-state index contributed by atoms with van der Waals surface area (Å²) in [5, 5.41) is 32.5. The zero-order chi connectivity index (χ0) is 29.3. The highest BCUT2D eigenvalue weighted by atomic mass is 16.8. The van der Waals surface area contributed by atoms with Crippen LogP contribution in [-0.4, -0.2) is 92.5 Å². The van der Waals surface area contributed by atoms with Crippen molar-refractivity contribution in [1.29, 1.82) is 0 Å². The van der Waals surface area contributed by atoms with E-state index < -0.39 is 66.8 Å². The topological polar surface area (TPSA) is 161 Å². The minimum absolute atomic E-state index is 0.0301. The smallest absolute Gasteiger partial charge is 0.310 e. The number of hydrogen-bond acceptors (Lipinski definition) is 13. The maximum absolute atomic E-state index is 13.4. The van der Waals surface area contributed by atoms with Gasteiger partial charge in [-0.25, -0.2) is 0 Å². The Morgan fingerprint density at radius 3 is 2.26 bits per heavy atom. The number of carbonyl (C=O) groups excluding carboxylic acids is 1. The third-order valence-corrected chi connectivity index (χ3v) is 8.75. The van der Waals surface area contributed by atoms with Gasteiger partial charge in [-0.3, -0.25) is 4.79 Å². The lowest BCUT2D eigenvalue weighted by molar-refractivity contribution is -0.364. The Kier molecular flexibility index (Phi) is 6.83. The lowest BCUT2D eigenvalue weighted by atomic mass is 9.66. The van der Waals surface area contributed by atoms with Crippen LogP contribution in [-0.2, 0) is 28.5 Å². The van der Waals surface area contributed by atoms with Crippen LogP contribution >= 0.6 is 0 Å². The minimum Gasteiger partial charge on any atom is -0.502 e. The van der Waals surface area contributed by atoms with E-state index in [9.17, 15) is 20.1 Å². The second kappa shape index (κ2) is 10.4. The normalized spacial score (nSPS) is 36.5. The van der Waals surface area contributed by atoms with Gasteiger partial charge in [0, 0.05) is 11.8 Å². The van der Waals surface area contributed by atoms with Crippen LogP contribution in [0, 0.1) is 11.8 Å². The zero-order valence-electron chi connectivity index (χ0n) is 23.1. The van der Waals surface area contributed by atoms with Crippen molar-refractivity contribution in [3.05, 3.63) is 41.0 Å². The highest BCUT2D eigenvalue weighted by molar-refractivity contribution is 5.79. The van der Waals surface area contributed by atoms with E-state index in [0.717, 1.165) is 0 Å². The summed E-state index contributed by atoms with van der Waals surface area (Å²) in [6, 6.07) is 6.93. The summed E-state index contributed by atoms with van der Waals surface area (Å²) >= 11 is 0. The predicted molar refractivity (Wildman–Crippen MR) is 138 cm³/mol. The van der Waals surface area contributed by atoms with Gasteiger partial charge in [0.2, 0.25) is 12.5 Å². The van der Waals surface area contributed by atoms with E-state index in [2.05, 4.69) is 0 Å². The molecule has 3 fully saturated rings. The highest BCUT2D eigenvalue weighted by Gasteiger charge is 2.56. The van der Waals surface area contributed by atoms with Gasteiger partial charge in [0.25, 0.3) is 0 Å². The zero-order valence-corrected chi connectivity index (χ0v) is 23.1. The van der Waals surface area contributed by atoms with Gasteiger partial charge in [0.15, 0.2) is 35.6 Å². The molecule has 10 atom stereocenters. The molecule has 0 amide bonds. The Balaban J connectivity index is 1.32. The van der Waals surface area contributed by atoms with Gasteiger partial charge in [-0.2, -0.15) is 0 Å². The number of cyclic esters (lactones) is 1. The number of aliphatic hydroxyl groups is 2. The van der Waals surface area contributed by atoms with Crippen molar-refractivity contribution >= 4 is 5.97 Å². The average molecular weight is 589 g/mol. The first-order valence-electron chi connectivity index (χ1n) is 13.8. The second-order valence-electron chi connectivity index (χ2n) is 11.0. The third-order valence-electron chi connectivity index (χ3n) is 8.75. The molecule has 226 valence electrons. The van der Waals surface area contributed by atoms with Gasteiger partial charge in [-0.1, -0.05) is 0 Å². The SMILES string of the molecule is COc1cc([C@@H]2c3cc4c(cc3[C@@H](O[C@@H]3O[C@@H]5CO[C@H](C)O[C@H]5[C@@H](O)[C@H]3O)[C@H]3COC(=O)[C@H]23)OCO4)cc(OC)c1O. The van der Waals surface area contributed by atoms with Crippen molar-refractivity contribution in [1.82, 2.24) is 0 Å². The highest BCUT2D eigenvalue weighted by Crippen LogP contribution is 2.57. The fourth-order valence-electron chi connectivity index (χ4n) is 6.74. The van der Waals surface area contributed by atoms with Gasteiger partial charge in [0.05, 0.1) is 39.5 Å². The van der Waals surface area contributed by atoms with Crippen molar-refractivity contribution < 1.29 is 62.7 Å². The maximum atomic E-state index is 13.4. The number of hydrogen-bond donors (Lipinski definition) is 3. The molecule has 3 saturated heterocycles. The Bertz CT molecular complexity index is 1350. The van der Waals surface area contributed by atoms with E-state index in [-0.39, 0.29) is 37.3 Å². The molecule has 5 aliphatic rings. The first-order valence-corrected chi connectivity index (χ1v) is 13.8. The van der Waals surface area contributed by atoms with Gasteiger partial charge >= 0.3 is 5.97 Å².